The Kier molecular flexibility index (Phi) is 8.94. The summed E-state index contributed by atoms with van der Waals surface area (Å²) in [6.07, 6.45) is 2.53. The number of aromatic amines is 1. The minimum Gasteiger partial charge on any atom is -0.435 e. The number of carbonyl (C=O) groups excluding carboxylic acids is 1. The fourth-order valence-corrected chi connectivity index (χ4v) is 8.48. The quantitative estimate of drug-likeness (QED) is 0.285. The Balaban J connectivity index is 1.41. The standard InChI is InChI=1S/C32H40Cl2N6O4/c1-36-14-16-37(17-15-36)24-8-12-38(13-9-24)32(11-19-41)21-25(39-29-5-3-2-4-28(29)35-30(39)42)10-18-40(32,31(43)44)22-23-6-7-26(33)27(34)20-23/h2-7,19-20,24-25H,8-18,21-22H2,1H3,(H-,35,42,43,44)/p+1/t25?,32?,40-/m0/s1. The van der Waals surface area contributed by atoms with Gasteiger partial charge in [0.25, 0.3) is 0 Å². The minimum atomic E-state index is -1.08. The van der Waals surface area contributed by atoms with Crippen molar-refractivity contribution in [3.05, 3.63) is 68.6 Å². The van der Waals surface area contributed by atoms with Crippen molar-refractivity contribution in [2.45, 2.75) is 56.4 Å². The van der Waals surface area contributed by atoms with Gasteiger partial charge in [-0.25, -0.2) is 9.28 Å². The lowest BCUT2D eigenvalue weighted by Gasteiger charge is -2.59. The molecule has 12 heteroatoms. The predicted octanol–water partition coefficient (Wildman–Crippen LogP) is 4.66. The smallest absolute Gasteiger partial charge is 0.435 e. The number of amides is 1. The van der Waals surface area contributed by atoms with E-state index in [1.54, 1.807) is 16.7 Å². The molecular formula is C32H41Cl2N6O4+. The molecule has 4 heterocycles. The molecule has 236 valence electrons. The van der Waals surface area contributed by atoms with E-state index in [2.05, 4.69) is 26.7 Å². The number of fused-ring (bicyclic) bond motifs is 1. The van der Waals surface area contributed by atoms with Crippen LogP contribution in [0.4, 0.5) is 4.79 Å². The summed E-state index contributed by atoms with van der Waals surface area (Å²) in [5, 5.41) is 11.9. The fraction of sp³-hybridized carbons (Fsp3) is 0.531. The zero-order chi connectivity index (χ0) is 31.1. The number of carboxylic acid groups (broad SMARTS) is 1. The van der Waals surface area contributed by atoms with Crippen molar-refractivity contribution >= 4 is 46.6 Å². The summed E-state index contributed by atoms with van der Waals surface area (Å²) in [6.45, 7) is 5.88. The molecule has 0 spiro atoms. The molecule has 0 aliphatic carbocycles. The first-order valence-corrected chi connectivity index (χ1v) is 16.3. The number of halogens is 2. The maximum absolute atomic E-state index is 13.7. The number of H-pyrrole nitrogens is 1. The van der Waals surface area contributed by atoms with Gasteiger partial charge in [-0.15, -0.1) is 0 Å². The summed E-state index contributed by atoms with van der Waals surface area (Å²) in [6, 6.07) is 13.0. The summed E-state index contributed by atoms with van der Waals surface area (Å²) in [5.41, 5.74) is 0.980. The zero-order valence-electron chi connectivity index (χ0n) is 25.1. The van der Waals surface area contributed by atoms with E-state index >= 15 is 0 Å². The molecule has 0 radical (unpaired) electrons. The number of likely N-dealkylation sites (tertiary alicyclic amines) is 2. The second-order valence-corrected chi connectivity index (χ2v) is 13.6. The van der Waals surface area contributed by atoms with Gasteiger partial charge in [-0.2, -0.15) is 4.79 Å². The third kappa shape index (κ3) is 5.50. The number of piperidine rings is 2. The second kappa shape index (κ2) is 12.6. The molecule has 3 atom stereocenters. The number of hydrogen-bond acceptors (Lipinski definition) is 6. The highest BCUT2D eigenvalue weighted by Crippen LogP contribution is 2.48. The summed E-state index contributed by atoms with van der Waals surface area (Å²) in [4.78, 5) is 49.8. The van der Waals surface area contributed by atoms with Gasteiger partial charge in [0.05, 0.1) is 40.1 Å². The van der Waals surface area contributed by atoms with Crippen LogP contribution in [0.2, 0.25) is 10.0 Å². The molecule has 3 fully saturated rings. The van der Waals surface area contributed by atoms with E-state index in [4.69, 9.17) is 23.2 Å². The molecule has 2 aromatic carbocycles. The second-order valence-electron chi connectivity index (χ2n) is 12.8. The number of imidazole rings is 1. The van der Waals surface area contributed by atoms with Gasteiger partial charge in [-0.1, -0.05) is 41.4 Å². The molecule has 2 unspecified atom stereocenters. The Morgan fingerprint density at radius 2 is 1.75 bits per heavy atom. The van der Waals surface area contributed by atoms with Gasteiger partial charge in [0.1, 0.15) is 12.8 Å². The monoisotopic (exact) mass is 643 g/mol. The number of nitrogens with one attached hydrogen (secondary N) is 1. The number of piperazine rings is 1. The lowest BCUT2D eigenvalue weighted by atomic mass is 9.82. The lowest BCUT2D eigenvalue weighted by Crippen LogP contribution is -2.77. The van der Waals surface area contributed by atoms with Crippen LogP contribution in [0.1, 0.15) is 43.7 Å². The number of aldehydes is 1. The van der Waals surface area contributed by atoms with Crippen molar-refractivity contribution in [2.24, 2.45) is 0 Å². The van der Waals surface area contributed by atoms with Crippen molar-refractivity contribution in [2.75, 3.05) is 52.9 Å². The van der Waals surface area contributed by atoms with Crippen LogP contribution in [-0.2, 0) is 11.3 Å². The van der Waals surface area contributed by atoms with Crippen molar-refractivity contribution in [1.29, 1.82) is 0 Å². The van der Waals surface area contributed by atoms with E-state index in [0.29, 0.717) is 42.0 Å². The number of aromatic nitrogens is 2. The number of para-hydroxylation sites is 2. The number of carbonyl (C=O) groups is 2. The van der Waals surface area contributed by atoms with Gasteiger partial charge in [0.2, 0.25) is 0 Å². The SMILES string of the molecule is CN1CCN(C2CCN(C3(CC=O)CC(n4c(=O)[nH]c5ccccc54)CC[N@+]3(Cc3ccc(Cl)c(Cl)c3)C(=O)O)CC2)CC1. The van der Waals surface area contributed by atoms with Crippen molar-refractivity contribution in [1.82, 2.24) is 24.3 Å². The molecule has 3 saturated heterocycles. The highest BCUT2D eigenvalue weighted by molar-refractivity contribution is 6.42. The highest BCUT2D eigenvalue weighted by Gasteiger charge is 2.63. The van der Waals surface area contributed by atoms with Crippen LogP contribution in [0.25, 0.3) is 11.0 Å². The minimum absolute atomic E-state index is 0.0351. The van der Waals surface area contributed by atoms with E-state index in [0.717, 1.165) is 61.9 Å². The molecule has 6 rings (SSSR count). The molecule has 3 aliphatic heterocycles. The Morgan fingerprint density at radius 3 is 2.43 bits per heavy atom. The van der Waals surface area contributed by atoms with Crippen LogP contribution in [0.15, 0.2) is 47.3 Å². The van der Waals surface area contributed by atoms with E-state index in [-0.39, 0.29) is 35.7 Å². The Labute approximate surface area is 267 Å². The Hall–Kier alpha value is -2.73. The number of nitrogens with zero attached hydrogens (tertiary/aromatic N) is 5. The maximum atomic E-state index is 13.7. The predicted molar refractivity (Wildman–Crippen MR) is 171 cm³/mol. The molecule has 2 N–H and O–H groups in total. The first-order valence-electron chi connectivity index (χ1n) is 15.5. The number of quaternary nitrogens is 1. The summed E-state index contributed by atoms with van der Waals surface area (Å²) >= 11 is 12.6. The third-order valence-corrected chi connectivity index (χ3v) is 11.3. The molecule has 1 aromatic heterocycles. The van der Waals surface area contributed by atoms with Crippen LogP contribution in [0, 0.1) is 0 Å². The molecule has 0 saturated carbocycles. The van der Waals surface area contributed by atoms with Gasteiger partial charge in [0, 0.05) is 63.7 Å². The van der Waals surface area contributed by atoms with E-state index < -0.39 is 11.8 Å². The normalized spacial score (nSPS) is 27.9. The van der Waals surface area contributed by atoms with Crippen LogP contribution in [-0.4, -0.2) is 111 Å². The molecule has 3 aliphatic rings. The zero-order valence-corrected chi connectivity index (χ0v) is 26.6. The maximum Gasteiger partial charge on any atom is 0.515 e. The molecule has 3 aromatic rings. The first kappa shape index (κ1) is 31.3. The Morgan fingerprint density at radius 1 is 1.02 bits per heavy atom. The molecule has 1 amide bonds. The van der Waals surface area contributed by atoms with Gasteiger partial charge >= 0.3 is 11.8 Å². The molecular weight excluding hydrogens is 603 g/mol. The fourth-order valence-electron chi connectivity index (χ4n) is 8.16. The summed E-state index contributed by atoms with van der Waals surface area (Å²) < 4.78 is 1.44. The van der Waals surface area contributed by atoms with E-state index in [9.17, 15) is 19.5 Å². The summed E-state index contributed by atoms with van der Waals surface area (Å²) in [5.74, 6) is 0. The van der Waals surface area contributed by atoms with E-state index in [1.165, 1.54) is 0 Å². The number of benzene rings is 2. The van der Waals surface area contributed by atoms with Crippen LogP contribution in [0.5, 0.6) is 0 Å². The number of likely N-dealkylation sites (N-methyl/N-ethyl adjacent to an activating group) is 1. The lowest BCUT2D eigenvalue weighted by molar-refractivity contribution is -0.942. The van der Waals surface area contributed by atoms with Crippen molar-refractivity contribution in [3.8, 4) is 0 Å². The van der Waals surface area contributed by atoms with Crippen molar-refractivity contribution in [3.63, 3.8) is 0 Å². The third-order valence-electron chi connectivity index (χ3n) is 10.5. The largest absolute Gasteiger partial charge is 0.515 e. The highest BCUT2D eigenvalue weighted by atomic mass is 35.5. The average molecular weight is 645 g/mol. The number of rotatable bonds is 7. The first-order chi connectivity index (χ1) is 21.2. The van der Waals surface area contributed by atoms with Gasteiger partial charge < -0.3 is 19.8 Å². The van der Waals surface area contributed by atoms with Crippen molar-refractivity contribution < 1.29 is 19.2 Å². The van der Waals surface area contributed by atoms with Crippen LogP contribution >= 0.6 is 23.2 Å². The molecule has 10 nitrogen and oxygen atoms in total. The molecule has 0 bridgehead atoms. The summed E-state index contributed by atoms with van der Waals surface area (Å²) in [7, 11) is 2.15. The van der Waals surface area contributed by atoms with Gasteiger partial charge in [0.15, 0.2) is 5.66 Å². The average Bonchev–Trinajstić information content (AvgIpc) is 3.36. The number of hydrogen-bond donors (Lipinski definition) is 2. The van der Waals surface area contributed by atoms with Crippen LogP contribution in [0.3, 0.4) is 0 Å². The van der Waals surface area contributed by atoms with E-state index in [1.807, 2.05) is 30.3 Å². The van der Waals surface area contributed by atoms with Gasteiger partial charge in [-0.3, -0.25) is 14.4 Å². The van der Waals surface area contributed by atoms with Crippen LogP contribution < -0.4 is 5.69 Å². The molecule has 44 heavy (non-hydrogen) atoms. The Bertz CT molecular complexity index is 1580. The topological polar surface area (TPSA) is 102 Å². The van der Waals surface area contributed by atoms with Gasteiger partial charge in [-0.05, 0) is 44.2 Å².